The number of nitrogens with zero attached hydrogens (tertiary/aromatic N) is 7. The number of aromatic nitrogens is 6. The van der Waals surface area contributed by atoms with E-state index in [9.17, 15) is 13.6 Å². The quantitative estimate of drug-likeness (QED) is 0.155. The van der Waals surface area contributed by atoms with Gasteiger partial charge in [-0.2, -0.15) is 5.10 Å². The molecule has 11 nitrogen and oxygen atoms in total. The Morgan fingerprint density at radius 2 is 1.88 bits per heavy atom. The Balaban J connectivity index is 0.992. The van der Waals surface area contributed by atoms with Crippen molar-refractivity contribution in [2.75, 3.05) is 19.7 Å². The Kier molecular flexibility index (Phi) is 9.31. The second-order valence-corrected chi connectivity index (χ2v) is 12.8. The molecule has 0 saturated carbocycles. The van der Waals surface area contributed by atoms with Crippen LogP contribution in [0.1, 0.15) is 66.6 Å². The predicted molar refractivity (Wildman–Crippen MR) is 174 cm³/mol. The standard InChI is InChI=1S/C35H39F2N7O4/c1-22(2)48-35(45)29-9-8-28-34(41-29)43(18-26-12-15-46-26)32(39-28)20-42-13-10-24(11-14-42)27-4-3-5-33(40-27)47-21-23-6-7-25-17-38-44(19-31(36)37)30(25)16-23/h3-9,16-17,22,24,26,31H,10-15,18-21H2,1-2H3/t26-/m0/s1. The van der Waals surface area contributed by atoms with E-state index in [2.05, 4.69) is 19.5 Å². The molecule has 1 aromatic carbocycles. The molecule has 0 unspecified atom stereocenters. The lowest BCUT2D eigenvalue weighted by Gasteiger charge is -2.32. The zero-order valence-corrected chi connectivity index (χ0v) is 27.1. The van der Waals surface area contributed by atoms with Crippen LogP contribution in [-0.4, -0.2) is 78.5 Å². The van der Waals surface area contributed by atoms with E-state index in [0.717, 1.165) is 66.9 Å². The maximum absolute atomic E-state index is 13.0. The zero-order valence-electron chi connectivity index (χ0n) is 27.1. The Morgan fingerprint density at radius 1 is 1.04 bits per heavy atom. The molecule has 13 heteroatoms. The van der Waals surface area contributed by atoms with Crippen LogP contribution >= 0.6 is 0 Å². The minimum Gasteiger partial charge on any atom is -0.473 e. The van der Waals surface area contributed by atoms with Gasteiger partial charge < -0.3 is 18.8 Å². The van der Waals surface area contributed by atoms with Gasteiger partial charge in [-0.15, -0.1) is 0 Å². The molecule has 2 saturated heterocycles. The first-order valence-corrected chi connectivity index (χ1v) is 16.5. The maximum atomic E-state index is 13.0. The molecule has 4 aromatic heterocycles. The summed E-state index contributed by atoms with van der Waals surface area (Å²) in [5, 5.41) is 4.90. The van der Waals surface area contributed by atoms with Crippen molar-refractivity contribution in [2.24, 2.45) is 0 Å². The van der Waals surface area contributed by atoms with E-state index in [1.165, 1.54) is 4.68 Å². The minimum absolute atomic E-state index is 0.109. The van der Waals surface area contributed by atoms with Crippen molar-refractivity contribution >= 4 is 28.0 Å². The molecule has 2 aliphatic heterocycles. The number of ether oxygens (including phenoxy) is 3. The molecule has 5 aromatic rings. The van der Waals surface area contributed by atoms with E-state index in [-0.39, 0.29) is 24.5 Å². The van der Waals surface area contributed by atoms with Crippen molar-refractivity contribution in [3.8, 4) is 5.88 Å². The highest BCUT2D eigenvalue weighted by molar-refractivity contribution is 5.90. The second-order valence-electron chi connectivity index (χ2n) is 12.8. The highest BCUT2D eigenvalue weighted by atomic mass is 19.3. The Labute approximate surface area is 276 Å². The lowest BCUT2D eigenvalue weighted by molar-refractivity contribution is -0.0593. The van der Waals surface area contributed by atoms with Gasteiger partial charge in [-0.3, -0.25) is 9.58 Å². The van der Waals surface area contributed by atoms with Crippen molar-refractivity contribution in [1.29, 1.82) is 0 Å². The number of hydrogen-bond donors (Lipinski definition) is 0. The number of rotatable bonds is 12. The zero-order chi connectivity index (χ0) is 33.2. The lowest BCUT2D eigenvalue weighted by Crippen LogP contribution is -2.35. The second kappa shape index (κ2) is 13.9. The van der Waals surface area contributed by atoms with Crippen LogP contribution in [0.25, 0.3) is 22.1 Å². The van der Waals surface area contributed by atoms with Crippen molar-refractivity contribution < 1.29 is 27.8 Å². The summed E-state index contributed by atoms with van der Waals surface area (Å²) in [4.78, 5) is 29.4. The van der Waals surface area contributed by atoms with Crippen molar-refractivity contribution in [3.05, 3.63) is 77.5 Å². The number of carbonyl (C=O) groups is 1. The topological polar surface area (TPSA) is 109 Å². The fraction of sp³-hybridized carbons (Fsp3) is 0.457. The molecule has 0 aliphatic carbocycles. The van der Waals surface area contributed by atoms with Crippen LogP contribution in [-0.2, 0) is 35.7 Å². The Hall–Kier alpha value is -4.49. The summed E-state index contributed by atoms with van der Waals surface area (Å²) in [6, 6.07) is 15.0. The number of imidazole rings is 1. The van der Waals surface area contributed by atoms with Crippen molar-refractivity contribution in [1.82, 2.24) is 34.2 Å². The molecule has 2 aliphatic rings. The number of piperidine rings is 1. The van der Waals surface area contributed by atoms with E-state index >= 15 is 0 Å². The Morgan fingerprint density at radius 3 is 2.62 bits per heavy atom. The van der Waals surface area contributed by atoms with Gasteiger partial charge in [-0.05, 0) is 76.0 Å². The highest BCUT2D eigenvalue weighted by Crippen LogP contribution is 2.30. The van der Waals surface area contributed by atoms with Gasteiger partial charge in [0.25, 0.3) is 6.43 Å². The third kappa shape index (κ3) is 7.16. The fourth-order valence-electron chi connectivity index (χ4n) is 6.35. The monoisotopic (exact) mass is 659 g/mol. The molecule has 0 spiro atoms. The molecule has 0 N–H and O–H groups in total. The average Bonchev–Trinajstić information content (AvgIpc) is 3.61. The summed E-state index contributed by atoms with van der Waals surface area (Å²) < 4.78 is 46.5. The van der Waals surface area contributed by atoms with Crippen molar-refractivity contribution in [2.45, 2.75) is 83.9 Å². The number of likely N-dealkylation sites (tertiary alicyclic amines) is 1. The minimum atomic E-state index is -2.48. The highest BCUT2D eigenvalue weighted by Gasteiger charge is 2.27. The van der Waals surface area contributed by atoms with Crippen molar-refractivity contribution in [3.63, 3.8) is 0 Å². The molecule has 48 heavy (non-hydrogen) atoms. The molecule has 7 rings (SSSR count). The van der Waals surface area contributed by atoms with Gasteiger partial charge in [0.15, 0.2) is 11.3 Å². The van der Waals surface area contributed by atoms with E-state index in [1.54, 1.807) is 12.3 Å². The van der Waals surface area contributed by atoms with Gasteiger partial charge in [0.2, 0.25) is 5.88 Å². The summed E-state index contributed by atoms with van der Waals surface area (Å²) in [6.45, 7) is 7.29. The fourth-order valence-corrected chi connectivity index (χ4v) is 6.35. The SMILES string of the molecule is CC(C)OC(=O)c1ccc2nc(CN3CCC(c4cccc(OCc5ccc6cnn(CC(F)F)c6c5)n4)CC3)n(C[C@@H]3CCO3)c2n1. The van der Waals surface area contributed by atoms with E-state index in [4.69, 9.17) is 24.2 Å². The number of alkyl halides is 2. The van der Waals surface area contributed by atoms with E-state index in [1.807, 2.05) is 56.3 Å². The van der Waals surface area contributed by atoms with Crippen LogP contribution in [0.4, 0.5) is 8.78 Å². The summed E-state index contributed by atoms with van der Waals surface area (Å²) in [7, 11) is 0. The summed E-state index contributed by atoms with van der Waals surface area (Å²) in [5.41, 5.74) is 4.21. The predicted octanol–water partition coefficient (Wildman–Crippen LogP) is 5.75. The first-order valence-electron chi connectivity index (χ1n) is 16.5. The van der Waals surface area contributed by atoms with Crippen LogP contribution in [0.2, 0.25) is 0 Å². The summed E-state index contributed by atoms with van der Waals surface area (Å²) in [5.74, 6) is 1.30. The molecular weight excluding hydrogens is 620 g/mol. The van der Waals surface area contributed by atoms with Gasteiger partial charge in [0.1, 0.15) is 24.5 Å². The van der Waals surface area contributed by atoms with Gasteiger partial charge in [0.05, 0.1) is 37.0 Å². The third-order valence-corrected chi connectivity index (χ3v) is 8.93. The van der Waals surface area contributed by atoms with Gasteiger partial charge in [0, 0.05) is 29.7 Å². The van der Waals surface area contributed by atoms with Gasteiger partial charge in [-0.1, -0.05) is 18.2 Å². The molecule has 6 heterocycles. The first-order chi connectivity index (χ1) is 23.3. The number of carbonyl (C=O) groups excluding carboxylic acids is 1. The molecular formula is C35H39F2N7O4. The molecule has 0 amide bonds. The maximum Gasteiger partial charge on any atom is 0.357 e. The largest absolute Gasteiger partial charge is 0.473 e. The van der Waals surface area contributed by atoms with Gasteiger partial charge in [-0.25, -0.2) is 28.5 Å². The number of fused-ring (bicyclic) bond motifs is 2. The normalized spacial score (nSPS) is 17.4. The summed E-state index contributed by atoms with van der Waals surface area (Å²) >= 11 is 0. The smallest absolute Gasteiger partial charge is 0.357 e. The average molecular weight is 660 g/mol. The van der Waals surface area contributed by atoms with Crippen LogP contribution < -0.4 is 4.74 Å². The number of hydrogen-bond acceptors (Lipinski definition) is 9. The molecule has 0 bridgehead atoms. The van der Waals surface area contributed by atoms with E-state index in [0.29, 0.717) is 36.1 Å². The first kappa shape index (κ1) is 32.1. The van der Waals surface area contributed by atoms with Gasteiger partial charge >= 0.3 is 5.97 Å². The number of pyridine rings is 2. The molecule has 2 fully saturated rings. The molecule has 0 radical (unpaired) electrons. The number of benzene rings is 1. The molecule has 252 valence electrons. The van der Waals surface area contributed by atoms with Crippen LogP contribution in [0.15, 0.2) is 54.7 Å². The van der Waals surface area contributed by atoms with Crippen LogP contribution in [0, 0.1) is 0 Å². The summed E-state index contributed by atoms with van der Waals surface area (Å²) in [6.07, 6.45) is 1.87. The third-order valence-electron chi connectivity index (χ3n) is 8.93. The number of esters is 1. The van der Waals surface area contributed by atoms with Crippen LogP contribution in [0.5, 0.6) is 5.88 Å². The van der Waals surface area contributed by atoms with E-state index < -0.39 is 18.9 Å². The molecule has 1 atom stereocenters. The van der Waals surface area contributed by atoms with Crippen LogP contribution in [0.3, 0.4) is 0 Å². The number of halogens is 2. The lowest BCUT2D eigenvalue weighted by atomic mass is 9.93. The Bertz CT molecular complexity index is 1900.